The molecule has 116 valence electrons. The zero-order valence-electron chi connectivity index (χ0n) is 12.9. The number of carbonyl (C=O) groups is 1. The van der Waals surface area contributed by atoms with Gasteiger partial charge in [-0.2, -0.15) is 0 Å². The van der Waals surface area contributed by atoms with Crippen molar-refractivity contribution < 1.29 is 9.53 Å². The van der Waals surface area contributed by atoms with Crippen LogP contribution in [0.2, 0.25) is 0 Å². The predicted octanol–water partition coefficient (Wildman–Crippen LogP) is 2.37. The Morgan fingerprint density at radius 1 is 1.24 bits per heavy atom. The Labute approximate surface area is 127 Å². The van der Waals surface area contributed by atoms with E-state index in [9.17, 15) is 4.79 Å². The molecule has 0 bridgehead atoms. The van der Waals surface area contributed by atoms with Crippen LogP contribution >= 0.6 is 0 Å². The van der Waals surface area contributed by atoms with Crippen molar-refractivity contribution >= 4 is 11.6 Å². The third kappa shape index (κ3) is 5.38. The van der Waals surface area contributed by atoms with Gasteiger partial charge in [0.15, 0.2) is 0 Å². The summed E-state index contributed by atoms with van der Waals surface area (Å²) in [7, 11) is 1.67. The second kappa shape index (κ2) is 8.67. The fourth-order valence-electron chi connectivity index (χ4n) is 2.64. The highest BCUT2D eigenvalue weighted by Gasteiger charge is 2.11. The molecule has 1 fully saturated rings. The average molecular weight is 290 g/mol. The van der Waals surface area contributed by atoms with Crippen LogP contribution in [0.3, 0.4) is 0 Å². The molecular weight excluding hydrogens is 264 g/mol. The van der Waals surface area contributed by atoms with Crippen LogP contribution in [0.1, 0.15) is 31.2 Å². The van der Waals surface area contributed by atoms with Crippen LogP contribution in [0.4, 0.5) is 5.69 Å². The van der Waals surface area contributed by atoms with Gasteiger partial charge in [-0.3, -0.25) is 4.79 Å². The van der Waals surface area contributed by atoms with E-state index in [0.717, 1.165) is 12.8 Å². The van der Waals surface area contributed by atoms with Gasteiger partial charge in [-0.1, -0.05) is 12.1 Å². The molecule has 2 rings (SSSR count). The smallest absolute Gasteiger partial charge is 0.220 e. The van der Waals surface area contributed by atoms with Crippen LogP contribution in [0.15, 0.2) is 24.3 Å². The Bertz CT molecular complexity index is 425. The Balaban J connectivity index is 1.69. The van der Waals surface area contributed by atoms with E-state index in [1.165, 1.54) is 37.2 Å². The van der Waals surface area contributed by atoms with Crippen molar-refractivity contribution in [2.24, 2.45) is 0 Å². The van der Waals surface area contributed by atoms with Crippen molar-refractivity contribution in [2.45, 2.75) is 32.1 Å². The summed E-state index contributed by atoms with van der Waals surface area (Å²) in [6.07, 6.45) is 4.81. The number of benzene rings is 1. The van der Waals surface area contributed by atoms with Crippen LogP contribution in [-0.2, 0) is 16.0 Å². The van der Waals surface area contributed by atoms with Crippen molar-refractivity contribution in [2.75, 3.05) is 38.3 Å². The fourth-order valence-corrected chi connectivity index (χ4v) is 2.64. The molecule has 0 aromatic heterocycles. The number of anilines is 1. The molecule has 1 aliphatic heterocycles. The summed E-state index contributed by atoms with van der Waals surface area (Å²) in [6.45, 7) is 3.73. The second-order valence-electron chi connectivity index (χ2n) is 5.56. The van der Waals surface area contributed by atoms with Crippen LogP contribution in [0.5, 0.6) is 0 Å². The third-order valence-electron chi connectivity index (χ3n) is 3.90. The van der Waals surface area contributed by atoms with E-state index in [1.54, 1.807) is 7.11 Å². The highest BCUT2D eigenvalue weighted by molar-refractivity contribution is 5.76. The highest BCUT2D eigenvalue weighted by atomic mass is 16.5. The van der Waals surface area contributed by atoms with Crippen molar-refractivity contribution in [3.63, 3.8) is 0 Å². The van der Waals surface area contributed by atoms with Gasteiger partial charge in [0, 0.05) is 45.5 Å². The van der Waals surface area contributed by atoms with Gasteiger partial charge < -0.3 is 15.0 Å². The monoisotopic (exact) mass is 290 g/mol. The molecule has 4 nitrogen and oxygen atoms in total. The Morgan fingerprint density at radius 3 is 2.62 bits per heavy atom. The van der Waals surface area contributed by atoms with E-state index in [1.807, 2.05) is 0 Å². The number of methoxy groups -OCH3 is 1. The molecule has 0 spiro atoms. The van der Waals surface area contributed by atoms with Gasteiger partial charge in [-0.05, 0) is 43.4 Å². The standard InChI is InChI=1S/C17H26N2O2/c1-21-14-4-11-18-17(20)10-7-15-5-8-16(9-6-15)19-12-2-3-13-19/h5-6,8-9H,2-4,7,10-14H2,1H3,(H,18,20). The predicted molar refractivity (Wildman–Crippen MR) is 85.7 cm³/mol. The number of nitrogens with zero attached hydrogens (tertiary/aromatic N) is 1. The molecule has 1 aromatic rings. The maximum atomic E-state index is 11.7. The van der Waals surface area contributed by atoms with Crippen molar-refractivity contribution in [3.8, 4) is 0 Å². The van der Waals surface area contributed by atoms with E-state index >= 15 is 0 Å². The molecule has 1 amide bonds. The first-order chi connectivity index (χ1) is 10.3. The molecule has 0 radical (unpaired) electrons. The molecule has 0 atom stereocenters. The van der Waals surface area contributed by atoms with E-state index < -0.39 is 0 Å². The van der Waals surface area contributed by atoms with Crippen molar-refractivity contribution in [1.29, 1.82) is 0 Å². The summed E-state index contributed by atoms with van der Waals surface area (Å²) in [4.78, 5) is 14.1. The maximum absolute atomic E-state index is 11.7. The van der Waals surface area contributed by atoms with Gasteiger partial charge in [-0.15, -0.1) is 0 Å². The highest BCUT2D eigenvalue weighted by Crippen LogP contribution is 2.20. The molecule has 21 heavy (non-hydrogen) atoms. The summed E-state index contributed by atoms with van der Waals surface area (Å²) in [5.41, 5.74) is 2.53. The molecule has 1 aliphatic rings. The second-order valence-corrected chi connectivity index (χ2v) is 5.56. The summed E-state index contributed by atoms with van der Waals surface area (Å²) < 4.78 is 4.95. The first-order valence-electron chi connectivity index (χ1n) is 7.89. The minimum absolute atomic E-state index is 0.120. The lowest BCUT2D eigenvalue weighted by molar-refractivity contribution is -0.121. The molecular formula is C17H26N2O2. The Morgan fingerprint density at radius 2 is 1.95 bits per heavy atom. The number of aryl methyl sites for hydroxylation is 1. The molecule has 0 aliphatic carbocycles. The number of amides is 1. The molecule has 0 saturated carbocycles. The zero-order valence-corrected chi connectivity index (χ0v) is 12.9. The van der Waals surface area contributed by atoms with Gasteiger partial charge in [0.25, 0.3) is 0 Å². The third-order valence-corrected chi connectivity index (χ3v) is 3.90. The van der Waals surface area contributed by atoms with Crippen molar-refractivity contribution in [3.05, 3.63) is 29.8 Å². The lowest BCUT2D eigenvalue weighted by Crippen LogP contribution is -2.25. The molecule has 1 heterocycles. The van der Waals surface area contributed by atoms with E-state index in [2.05, 4.69) is 34.5 Å². The zero-order chi connectivity index (χ0) is 14.9. The Kier molecular flexibility index (Phi) is 6.54. The van der Waals surface area contributed by atoms with Gasteiger partial charge in [0.1, 0.15) is 0 Å². The number of rotatable bonds is 8. The average Bonchev–Trinajstić information content (AvgIpc) is 3.04. The molecule has 1 N–H and O–H groups in total. The van der Waals surface area contributed by atoms with Crippen LogP contribution in [-0.4, -0.2) is 39.3 Å². The molecule has 4 heteroatoms. The maximum Gasteiger partial charge on any atom is 0.220 e. The molecule has 0 unspecified atom stereocenters. The number of carbonyl (C=O) groups excluding carboxylic acids is 1. The van der Waals surface area contributed by atoms with Crippen LogP contribution in [0.25, 0.3) is 0 Å². The number of hydrogen-bond acceptors (Lipinski definition) is 3. The minimum atomic E-state index is 0.120. The van der Waals surface area contributed by atoms with E-state index in [4.69, 9.17) is 4.74 Å². The lowest BCUT2D eigenvalue weighted by atomic mass is 10.1. The van der Waals surface area contributed by atoms with Gasteiger partial charge in [0.2, 0.25) is 5.91 Å². The summed E-state index contributed by atoms with van der Waals surface area (Å²) in [5.74, 6) is 0.120. The van der Waals surface area contributed by atoms with Gasteiger partial charge in [-0.25, -0.2) is 0 Å². The quantitative estimate of drug-likeness (QED) is 0.747. The van der Waals surface area contributed by atoms with Gasteiger partial charge >= 0.3 is 0 Å². The number of hydrogen-bond donors (Lipinski definition) is 1. The molecule has 1 aromatic carbocycles. The normalized spacial score (nSPS) is 14.4. The largest absolute Gasteiger partial charge is 0.385 e. The van der Waals surface area contributed by atoms with E-state index in [-0.39, 0.29) is 5.91 Å². The first-order valence-corrected chi connectivity index (χ1v) is 7.89. The van der Waals surface area contributed by atoms with E-state index in [0.29, 0.717) is 19.6 Å². The number of ether oxygens (including phenoxy) is 1. The minimum Gasteiger partial charge on any atom is -0.385 e. The summed E-state index contributed by atoms with van der Waals surface area (Å²) in [5, 5.41) is 2.92. The lowest BCUT2D eigenvalue weighted by Gasteiger charge is -2.17. The fraction of sp³-hybridized carbons (Fsp3) is 0.588. The topological polar surface area (TPSA) is 41.6 Å². The van der Waals surface area contributed by atoms with Crippen LogP contribution in [0, 0.1) is 0 Å². The SMILES string of the molecule is COCCCNC(=O)CCc1ccc(N2CCCC2)cc1. The molecule has 1 saturated heterocycles. The Hall–Kier alpha value is -1.55. The summed E-state index contributed by atoms with van der Waals surface area (Å²) in [6, 6.07) is 8.64. The number of nitrogens with one attached hydrogen (secondary N) is 1. The first kappa shape index (κ1) is 15.8. The van der Waals surface area contributed by atoms with Crippen molar-refractivity contribution in [1.82, 2.24) is 5.32 Å². The summed E-state index contributed by atoms with van der Waals surface area (Å²) >= 11 is 0. The van der Waals surface area contributed by atoms with Gasteiger partial charge in [0.05, 0.1) is 0 Å². The van der Waals surface area contributed by atoms with Crippen LogP contribution < -0.4 is 10.2 Å².